The number of rotatable bonds is 5. The molecule has 0 unspecified atom stereocenters. The number of furan rings is 1. The summed E-state index contributed by atoms with van der Waals surface area (Å²) in [6.07, 6.45) is 3.90. The Kier molecular flexibility index (Phi) is 10.4. The van der Waals surface area contributed by atoms with E-state index in [1.807, 2.05) is 42.7 Å². The average Bonchev–Trinajstić information content (AvgIpc) is 3.44. The zero-order chi connectivity index (χ0) is 32.6. The van der Waals surface area contributed by atoms with Gasteiger partial charge in [-0.1, -0.05) is 45.6 Å². The number of pyridine rings is 2. The van der Waals surface area contributed by atoms with E-state index in [2.05, 4.69) is 134 Å². The van der Waals surface area contributed by atoms with Crippen LogP contribution in [-0.2, 0) is 20.1 Å². The first-order chi connectivity index (χ1) is 21.9. The first-order valence-electron chi connectivity index (χ1n) is 16.1. The summed E-state index contributed by atoms with van der Waals surface area (Å²) >= 11 is -1.88. The molecule has 0 aliphatic carbocycles. The first kappa shape index (κ1) is 35.0. The van der Waals surface area contributed by atoms with E-state index >= 15 is 0 Å². The van der Waals surface area contributed by atoms with Gasteiger partial charge in [-0.2, -0.15) is 0 Å². The van der Waals surface area contributed by atoms with Crippen LogP contribution in [0.5, 0.6) is 0 Å². The van der Waals surface area contributed by atoms with Gasteiger partial charge >= 0.3 is 167 Å². The molecule has 3 heterocycles. The minimum absolute atomic E-state index is 0. The first-order valence-corrected chi connectivity index (χ1v) is 26.9. The molecule has 0 spiro atoms. The molecule has 0 aliphatic heterocycles. The molecule has 0 amide bonds. The van der Waals surface area contributed by atoms with Crippen LogP contribution in [0.1, 0.15) is 25.3 Å². The van der Waals surface area contributed by atoms with Crippen molar-refractivity contribution in [3.63, 3.8) is 0 Å². The van der Waals surface area contributed by atoms with Gasteiger partial charge in [0.2, 0.25) is 0 Å². The SMILES string of the molecule is CC(C)c1ccnc(-c2[c-]ccc3c2oc2c4cc[c]([Ge]([CH3])([CH3])[CH3])cc4ccc32)c1.C[Si](C)(C)c1ccc(-c2[c-]cccc2)nc1.[Ir]. The smallest absolute Gasteiger partial charge is 0.0795 e. The Hall–Kier alpha value is -3.35. The van der Waals surface area contributed by atoms with Crippen LogP contribution < -0.4 is 9.58 Å². The number of hydrogen-bond donors (Lipinski definition) is 0. The summed E-state index contributed by atoms with van der Waals surface area (Å²) in [5, 5.41) is 6.10. The normalized spacial score (nSPS) is 11.9. The van der Waals surface area contributed by atoms with E-state index in [9.17, 15) is 0 Å². The van der Waals surface area contributed by atoms with Crippen LogP contribution in [0.3, 0.4) is 0 Å². The topological polar surface area (TPSA) is 38.9 Å². The molecule has 0 atom stereocenters. The fraction of sp³-hybridized carbons (Fsp3) is 0.220. The van der Waals surface area contributed by atoms with Crippen LogP contribution >= 0.6 is 0 Å². The third-order valence-electron chi connectivity index (χ3n) is 8.60. The number of nitrogens with zero attached hydrogens (tertiary/aromatic N) is 2. The molecular formula is C41H42GeIrN2OSi-2. The van der Waals surface area contributed by atoms with Gasteiger partial charge in [0.1, 0.15) is 0 Å². The van der Waals surface area contributed by atoms with Crippen molar-refractivity contribution >= 4 is 63.6 Å². The molecule has 0 N–H and O–H groups in total. The third kappa shape index (κ3) is 7.54. The maximum atomic E-state index is 6.52. The second-order valence-electron chi connectivity index (χ2n) is 14.4. The molecule has 0 aliphatic rings. The molecule has 3 nitrogen and oxygen atoms in total. The van der Waals surface area contributed by atoms with Gasteiger partial charge in [-0.15, -0.1) is 35.9 Å². The van der Waals surface area contributed by atoms with E-state index in [0.29, 0.717) is 5.92 Å². The van der Waals surface area contributed by atoms with Crippen molar-refractivity contribution in [1.82, 2.24) is 9.97 Å². The second-order valence-corrected chi connectivity index (χ2v) is 30.1. The maximum absolute atomic E-state index is 6.52. The zero-order valence-corrected chi connectivity index (χ0v) is 34.0. The molecule has 0 bridgehead atoms. The minimum atomic E-state index is -1.88. The molecule has 1 radical (unpaired) electrons. The minimum Gasteiger partial charge on any atom is -0.305 e. The van der Waals surface area contributed by atoms with E-state index in [1.165, 1.54) is 25.9 Å². The summed E-state index contributed by atoms with van der Waals surface area (Å²) < 4.78 is 8.04. The summed E-state index contributed by atoms with van der Waals surface area (Å²) in [7, 11) is -1.23. The summed E-state index contributed by atoms with van der Waals surface area (Å²) in [5.41, 5.74) is 7.00. The number of aromatic nitrogens is 2. The van der Waals surface area contributed by atoms with Gasteiger partial charge < -0.3 is 4.98 Å². The average molecular weight is 872 g/mol. The largest absolute Gasteiger partial charge is 0.305 e. The van der Waals surface area contributed by atoms with Crippen LogP contribution in [0.4, 0.5) is 0 Å². The fourth-order valence-electron chi connectivity index (χ4n) is 5.68. The van der Waals surface area contributed by atoms with E-state index in [-0.39, 0.29) is 20.1 Å². The van der Waals surface area contributed by atoms with Crippen LogP contribution in [0, 0.1) is 12.1 Å². The summed E-state index contributed by atoms with van der Waals surface area (Å²) in [6, 6.07) is 38.5. The molecule has 0 fully saturated rings. The second kappa shape index (κ2) is 14.0. The van der Waals surface area contributed by atoms with Gasteiger partial charge in [0, 0.05) is 26.3 Å². The van der Waals surface area contributed by atoms with Gasteiger partial charge in [-0.25, -0.2) is 0 Å². The summed E-state index contributed by atoms with van der Waals surface area (Å²) in [6.45, 7) is 11.4. The van der Waals surface area contributed by atoms with Crippen molar-refractivity contribution in [3.05, 3.63) is 121 Å². The number of fused-ring (bicyclic) bond motifs is 5. The number of hydrogen-bond acceptors (Lipinski definition) is 3. The van der Waals surface area contributed by atoms with Crippen LogP contribution in [0.25, 0.3) is 55.2 Å². The Bertz CT molecular complexity index is 2140. The third-order valence-corrected chi connectivity index (χ3v) is 14.9. The Labute approximate surface area is 296 Å². The van der Waals surface area contributed by atoms with Crippen LogP contribution in [0.15, 0.2) is 108 Å². The Morgan fingerprint density at radius 1 is 0.723 bits per heavy atom. The molecule has 241 valence electrons. The van der Waals surface area contributed by atoms with Crippen LogP contribution in [0.2, 0.25) is 36.9 Å². The molecular weight excluding hydrogens is 829 g/mol. The van der Waals surface area contributed by atoms with Crippen LogP contribution in [-0.4, -0.2) is 31.3 Å². The van der Waals surface area contributed by atoms with E-state index in [1.54, 1.807) is 0 Å². The van der Waals surface area contributed by atoms with Gasteiger partial charge in [-0.05, 0) is 10.9 Å². The molecule has 0 saturated carbocycles. The quantitative estimate of drug-likeness (QED) is 0.128. The predicted molar refractivity (Wildman–Crippen MR) is 202 cm³/mol. The summed E-state index contributed by atoms with van der Waals surface area (Å²) in [5.74, 6) is 7.75. The Balaban J connectivity index is 0.000000217. The number of benzene rings is 4. The molecule has 0 saturated heterocycles. The summed E-state index contributed by atoms with van der Waals surface area (Å²) in [4.78, 5) is 9.15. The van der Waals surface area contributed by atoms with Gasteiger partial charge in [0.05, 0.1) is 8.07 Å². The standard InChI is InChI=1S/C27H26GeNO.C14H16NSi.Ir/c1-17(2)18-13-14-29-25(16-18)24-8-6-7-22-23-11-9-19-15-20(28(3,4)5)10-12-21(19)26(23)30-27(22)24;1-16(2,3)13-9-10-14(15-11-13)12-7-5-4-6-8-12;/h6-7,9-17H,1-5H3;4-7,9-11H,1-3H3;/q2*-1;. The Morgan fingerprint density at radius 2 is 1.49 bits per heavy atom. The van der Waals surface area contributed by atoms with Gasteiger partial charge in [-0.3, -0.25) is 0 Å². The van der Waals surface area contributed by atoms with Crippen molar-refractivity contribution < 1.29 is 24.5 Å². The molecule has 6 heteroatoms. The zero-order valence-electron chi connectivity index (χ0n) is 28.5. The van der Waals surface area contributed by atoms with Crippen molar-refractivity contribution in [1.29, 1.82) is 0 Å². The van der Waals surface area contributed by atoms with Crippen molar-refractivity contribution in [2.24, 2.45) is 0 Å². The Morgan fingerprint density at radius 3 is 2.15 bits per heavy atom. The maximum Gasteiger partial charge on any atom is 0.0795 e. The molecule has 3 aromatic heterocycles. The molecule has 7 aromatic rings. The predicted octanol–water partition coefficient (Wildman–Crippen LogP) is 10.4. The van der Waals surface area contributed by atoms with Crippen molar-refractivity contribution in [2.75, 3.05) is 0 Å². The fourth-order valence-corrected chi connectivity index (χ4v) is 9.17. The van der Waals surface area contributed by atoms with E-state index in [4.69, 9.17) is 4.42 Å². The van der Waals surface area contributed by atoms with E-state index < -0.39 is 21.3 Å². The van der Waals surface area contributed by atoms with E-state index in [0.717, 1.165) is 44.5 Å². The van der Waals surface area contributed by atoms with Crippen molar-refractivity contribution in [2.45, 2.75) is 56.7 Å². The molecule has 47 heavy (non-hydrogen) atoms. The molecule has 4 aromatic carbocycles. The monoisotopic (exact) mass is 873 g/mol. The van der Waals surface area contributed by atoms with Crippen molar-refractivity contribution in [3.8, 4) is 22.5 Å². The molecule has 7 rings (SSSR count). The van der Waals surface area contributed by atoms with Gasteiger partial charge in [0.25, 0.3) is 0 Å². The van der Waals surface area contributed by atoms with Gasteiger partial charge in [0.15, 0.2) is 0 Å².